The van der Waals surface area contributed by atoms with Crippen LogP contribution in [0.2, 0.25) is 0 Å². The van der Waals surface area contributed by atoms with E-state index in [9.17, 15) is 8.42 Å². The van der Waals surface area contributed by atoms with E-state index in [2.05, 4.69) is 0 Å². The second-order valence-corrected chi connectivity index (χ2v) is 6.52. The molecule has 0 saturated heterocycles. The van der Waals surface area contributed by atoms with E-state index in [0.29, 0.717) is 12.2 Å². The number of methoxy groups -OCH3 is 1. The zero-order valence-electron chi connectivity index (χ0n) is 10.4. The summed E-state index contributed by atoms with van der Waals surface area (Å²) >= 11 is 0. The highest BCUT2D eigenvalue weighted by Gasteiger charge is 2.40. The predicted molar refractivity (Wildman–Crippen MR) is 67.4 cm³/mol. The van der Waals surface area contributed by atoms with Crippen LogP contribution in [0.25, 0.3) is 0 Å². The molecule has 0 spiro atoms. The van der Waals surface area contributed by atoms with Gasteiger partial charge in [-0.05, 0) is 18.2 Å². The zero-order valence-corrected chi connectivity index (χ0v) is 11.2. The molecule has 1 saturated carbocycles. The number of nitrogens with two attached hydrogens (primary N) is 1. The lowest BCUT2D eigenvalue weighted by molar-refractivity contribution is -0.0783. The summed E-state index contributed by atoms with van der Waals surface area (Å²) in [4.78, 5) is 0.248. The van der Waals surface area contributed by atoms with Gasteiger partial charge in [-0.15, -0.1) is 0 Å². The van der Waals surface area contributed by atoms with Gasteiger partial charge >= 0.3 is 0 Å². The molecule has 0 aromatic heterocycles. The molecule has 3 atom stereocenters. The average Bonchev–Trinajstić information content (AvgIpc) is 2.28. The van der Waals surface area contributed by atoms with Crippen LogP contribution in [0.15, 0.2) is 29.2 Å². The number of benzene rings is 1. The molecule has 0 heterocycles. The Hall–Kier alpha value is -1.11. The molecule has 1 aliphatic carbocycles. The molecule has 100 valence electrons. The highest BCUT2D eigenvalue weighted by atomic mass is 32.2. The van der Waals surface area contributed by atoms with Gasteiger partial charge in [0.25, 0.3) is 0 Å². The maximum atomic E-state index is 11.4. The molecule has 0 aliphatic heterocycles. The van der Waals surface area contributed by atoms with Crippen molar-refractivity contribution in [2.45, 2.75) is 29.6 Å². The first-order valence-corrected chi connectivity index (χ1v) is 7.56. The summed E-state index contributed by atoms with van der Waals surface area (Å²) in [5.74, 6) is 0.525. The fourth-order valence-electron chi connectivity index (χ4n) is 2.01. The van der Waals surface area contributed by atoms with Gasteiger partial charge in [-0.3, -0.25) is 0 Å². The zero-order chi connectivity index (χ0) is 13.3. The number of rotatable bonds is 4. The molecule has 0 bridgehead atoms. The van der Waals surface area contributed by atoms with E-state index in [1.807, 2.05) is 0 Å². The lowest BCUT2D eigenvalue weighted by Crippen LogP contribution is -2.59. The van der Waals surface area contributed by atoms with E-state index < -0.39 is 9.84 Å². The van der Waals surface area contributed by atoms with Crippen LogP contribution in [0.5, 0.6) is 5.75 Å². The maximum Gasteiger partial charge on any atom is 0.175 e. The van der Waals surface area contributed by atoms with Gasteiger partial charge in [0.15, 0.2) is 9.84 Å². The van der Waals surface area contributed by atoms with Crippen LogP contribution >= 0.6 is 0 Å². The van der Waals surface area contributed by atoms with Crippen molar-refractivity contribution in [1.29, 1.82) is 0 Å². The molecule has 2 rings (SSSR count). The van der Waals surface area contributed by atoms with E-state index in [1.54, 1.807) is 25.3 Å². The first-order valence-electron chi connectivity index (χ1n) is 5.67. The third-order valence-corrected chi connectivity index (χ3v) is 4.20. The molecule has 3 unspecified atom stereocenters. The van der Waals surface area contributed by atoms with E-state index in [1.165, 1.54) is 12.3 Å². The normalized spacial score (nSPS) is 27.6. The van der Waals surface area contributed by atoms with Crippen molar-refractivity contribution >= 4 is 9.84 Å². The Morgan fingerprint density at radius 2 is 2.11 bits per heavy atom. The average molecular weight is 271 g/mol. The lowest BCUT2D eigenvalue weighted by atomic mass is 9.86. The Bertz CT molecular complexity index is 529. The number of ether oxygens (including phenoxy) is 2. The predicted octanol–water partition coefficient (Wildman–Crippen LogP) is 0.583. The Morgan fingerprint density at radius 3 is 2.67 bits per heavy atom. The van der Waals surface area contributed by atoms with E-state index in [-0.39, 0.29) is 23.1 Å². The Morgan fingerprint density at radius 1 is 1.39 bits per heavy atom. The number of sulfone groups is 1. The minimum absolute atomic E-state index is 0.0157. The largest absolute Gasteiger partial charge is 0.488 e. The van der Waals surface area contributed by atoms with Crippen LogP contribution < -0.4 is 10.5 Å². The van der Waals surface area contributed by atoms with Crippen LogP contribution in [-0.2, 0) is 14.6 Å². The molecule has 0 amide bonds. The van der Waals surface area contributed by atoms with E-state index in [4.69, 9.17) is 15.2 Å². The molecule has 1 aromatic carbocycles. The SMILES string of the molecule is COC1C(N)CC1Oc1cccc(S(C)(=O)=O)c1. The van der Waals surface area contributed by atoms with Crippen molar-refractivity contribution in [2.24, 2.45) is 5.73 Å². The van der Waals surface area contributed by atoms with Crippen LogP contribution in [-0.4, -0.2) is 40.0 Å². The fraction of sp³-hybridized carbons (Fsp3) is 0.500. The second-order valence-electron chi connectivity index (χ2n) is 4.50. The summed E-state index contributed by atoms with van der Waals surface area (Å²) < 4.78 is 33.8. The first-order chi connectivity index (χ1) is 8.41. The third kappa shape index (κ3) is 2.66. The summed E-state index contributed by atoms with van der Waals surface area (Å²) in [6.45, 7) is 0. The van der Waals surface area contributed by atoms with Crippen molar-refractivity contribution in [1.82, 2.24) is 0 Å². The summed E-state index contributed by atoms with van der Waals surface area (Å²) in [6, 6.07) is 6.43. The highest BCUT2D eigenvalue weighted by Crippen LogP contribution is 2.28. The van der Waals surface area contributed by atoms with Crippen LogP contribution in [0.3, 0.4) is 0 Å². The molecule has 0 radical (unpaired) electrons. The van der Waals surface area contributed by atoms with Gasteiger partial charge in [0.2, 0.25) is 0 Å². The van der Waals surface area contributed by atoms with Crippen LogP contribution in [0.1, 0.15) is 6.42 Å². The molecule has 18 heavy (non-hydrogen) atoms. The summed E-state index contributed by atoms with van der Waals surface area (Å²) in [6.07, 6.45) is 1.64. The highest BCUT2D eigenvalue weighted by molar-refractivity contribution is 7.90. The van der Waals surface area contributed by atoms with Gasteiger partial charge in [0.1, 0.15) is 18.0 Å². The summed E-state index contributed by atoms with van der Waals surface area (Å²) in [5.41, 5.74) is 5.78. The summed E-state index contributed by atoms with van der Waals surface area (Å²) in [7, 11) is -1.63. The quantitative estimate of drug-likeness (QED) is 0.866. The minimum atomic E-state index is -3.22. The molecule has 1 fully saturated rings. The maximum absolute atomic E-state index is 11.4. The first kappa shape index (κ1) is 13.3. The van der Waals surface area contributed by atoms with Crippen LogP contribution in [0, 0.1) is 0 Å². The summed E-state index contributed by atoms with van der Waals surface area (Å²) in [5, 5.41) is 0. The van der Waals surface area contributed by atoms with Crippen molar-refractivity contribution in [2.75, 3.05) is 13.4 Å². The molecule has 1 aliphatic rings. The Balaban J connectivity index is 2.11. The minimum Gasteiger partial charge on any atom is -0.488 e. The smallest absolute Gasteiger partial charge is 0.175 e. The van der Waals surface area contributed by atoms with Crippen molar-refractivity contribution < 1.29 is 17.9 Å². The molecule has 5 nitrogen and oxygen atoms in total. The van der Waals surface area contributed by atoms with Crippen LogP contribution in [0.4, 0.5) is 0 Å². The second kappa shape index (κ2) is 4.87. The Labute approximate surface area is 107 Å². The lowest BCUT2D eigenvalue weighted by Gasteiger charge is -2.41. The molecular weight excluding hydrogens is 254 g/mol. The van der Waals surface area contributed by atoms with Gasteiger partial charge in [0, 0.05) is 25.8 Å². The van der Waals surface area contributed by atoms with Gasteiger partial charge in [-0.2, -0.15) is 0 Å². The molecule has 2 N–H and O–H groups in total. The molecule has 6 heteroatoms. The van der Waals surface area contributed by atoms with Crippen molar-refractivity contribution in [3.8, 4) is 5.75 Å². The van der Waals surface area contributed by atoms with Crippen molar-refractivity contribution in [3.63, 3.8) is 0 Å². The van der Waals surface area contributed by atoms with E-state index >= 15 is 0 Å². The molecular formula is C12H17NO4S. The third-order valence-electron chi connectivity index (χ3n) is 3.09. The van der Waals surface area contributed by atoms with Crippen molar-refractivity contribution in [3.05, 3.63) is 24.3 Å². The number of hydrogen-bond donors (Lipinski definition) is 1. The number of hydrogen-bond acceptors (Lipinski definition) is 5. The standard InChI is InChI=1S/C12H17NO4S/c1-16-12-10(13)7-11(12)17-8-4-3-5-9(6-8)18(2,14)15/h3-6,10-12H,7,13H2,1-2H3. The van der Waals surface area contributed by atoms with E-state index in [0.717, 1.165) is 0 Å². The Kier molecular flexibility index (Phi) is 3.61. The van der Waals surface area contributed by atoms with Gasteiger partial charge in [-0.1, -0.05) is 6.07 Å². The van der Waals surface area contributed by atoms with Gasteiger partial charge < -0.3 is 15.2 Å². The van der Waals surface area contributed by atoms with Gasteiger partial charge in [0.05, 0.1) is 4.90 Å². The fourth-order valence-corrected chi connectivity index (χ4v) is 2.67. The molecule has 1 aromatic rings. The van der Waals surface area contributed by atoms with Gasteiger partial charge in [-0.25, -0.2) is 8.42 Å². The topological polar surface area (TPSA) is 78.6 Å². The monoisotopic (exact) mass is 271 g/mol.